The van der Waals surface area contributed by atoms with E-state index in [1.807, 2.05) is 19.1 Å². The van der Waals surface area contributed by atoms with Gasteiger partial charge < -0.3 is 4.74 Å². The molecule has 0 aliphatic rings. The molecule has 150 valence electrons. The van der Waals surface area contributed by atoms with Crippen LogP contribution in [0.2, 0.25) is 0 Å². The first kappa shape index (κ1) is 20.9. The average molecular weight is 410 g/mol. The smallest absolute Gasteiger partial charge is 0.241 e. The van der Waals surface area contributed by atoms with Gasteiger partial charge in [-0.15, -0.1) is 0 Å². The van der Waals surface area contributed by atoms with E-state index in [9.17, 15) is 13.2 Å². The molecule has 0 saturated carbocycles. The van der Waals surface area contributed by atoms with E-state index in [4.69, 9.17) is 4.74 Å². The van der Waals surface area contributed by atoms with Gasteiger partial charge in [0.1, 0.15) is 6.10 Å². The van der Waals surface area contributed by atoms with E-state index < -0.39 is 22.2 Å². The SMILES string of the molecule is COC(C(=O)c1ccccc1)C(NS(=O)(=O)c1ccc(C)cc1)c1ccccc1. The van der Waals surface area contributed by atoms with Gasteiger partial charge in [0.2, 0.25) is 10.0 Å². The second-order valence-electron chi connectivity index (χ2n) is 6.71. The number of nitrogens with one attached hydrogen (secondary N) is 1. The summed E-state index contributed by atoms with van der Waals surface area (Å²) in [6.07, 6.45) is -1.03. The van der Waals surface area contributed by atoms with Gasteiger partial charge in [-0.1, -0.05) is 78.4 Å². The summed E-state index contributed by atoms with van der Waals surface area (Å²) in [6, 6.07) is 23.3. The molecule has 3 aromatic carbocycles. The number of ether oxygens (including phenoxy) is 1. The van der Waals surface area contributed by atoms with E-state index in [1.54, 1.807) is 72.8 Å². The molecule has 0 fully saturated rings. The molecule has 5 nitrogen and oxygen atoms in total. The third kappa shape index (κ3) is 4.98. The molecule has 0 aliphatic carbocycles. The summed E-state index contributed by atoms with van der Waals surface area (Å²) in [5, 5.41) is 0. The topological polar surface area (TPSA) is 72.5 Å². The van der Waals surface area contributed by atoms with Crippen LogP contribution in [0.15, 0.2) is 89.8 Å². The van der Waals surface area contributed by atoms with Gasteiger partial charge >= 0.3 is 0 Å². The van der Waals surface area contributed by atoms with Gasteiger partial charge in [-0.05, 0) is 24.6 Å². The highest BCUT2D eigenvalue weighted by molar-refractivity contribution is 7.89. The van der Waals surface area contributed by atoms with Crippen molar-refractivity contribution in [1.82, 2.24) is 4.72 Å². The van der Waals surface area contributed by atoms with E-state index in [1.165, 1.54) is 7.11 Å². The number of sulfonamides is 1. The van der Waals surface area contributed by atoms with Gasteiger partial charge in [0.15, 0.2) is 5.78 Å². The Morgan fingerprint density at radius 1 is 0.862 bits per heavy atom. The zero-order chi connectivity index (χ0) is 20.9. The normalized spacial score (nSPS) is 13.6. The number of ketones is 1. The summed E-state index contributed by atoms with van der Waals surface area (Å²) in [7, 11) is -2.47. The van der Waals surface area contributed by atoms with Crippen LogP contribution < -0.4 is 4.72 Å². The molecular formula is C23H23NO4S. The predicted octanol–water partition coefficient (Wildman–Crippen LogP) is 3.91. The third-order valence-corrected chi connectivity index (χ3v) is 6.10. The fourth-order valence-corrected chi connectivity index (χ4v) is 4.30. The first-order chi connectivity index (χ1) is 13.9. The largest absolute Gasteiger partial charge is 0.371 e. The number of Topliss-reactive ketones (excluding diaryl/α,β-unsaturated/α-hetero) is 1. The number of carbonyl (C=O) groups is 1. The van der Waals surface area contributed by atoms with E-state index >= 15 is 0 Å². The summed E-state index contributed by atoms with van der Waals surface area (Å²) in [5.74, 6) is -0.298. The Hall–Kier alpha value is -2.80. The van der Waals surface area contributed by atoms with Gasteiger partial charge in [-0.3, -0.25) is 4.79 Å². The summed E-state index contributed by atoms with van der Waals surface area (Å²) in [4.78, 5) is 13.2. The second-order valence-corrected chi connectivity index (χ2v) is 8.42. The fourth-order valence-electron chi connectivity index (χ4n) is 3.08. The zero-order valence-corrected chi connectivity index (χ0v) is 17.1. The maximum atomic E-state index is 13.1. The van der Waals surface area contributed by atoms with Gasteiger partial charge in [-0.2, -0.15) is 0 Å². The lowest BCUT2D eigenvalue weighted by molar-refractivity contribution is 0.0504. The Bertz CT molecular complexity index is 1050. The lowest BCUT2D eigenvalue weighted by Gasteiger charge is -2.26. The fraction of sp³-hybridized carbons (Fsp3) is 0.174. The van der Waals surface area contributed by atoms with Crippen LogP contribution in [-0.4, -0.2) is 27.4 Å². The molecule has 29 heavy (non-hydrogen) atoms. The highest BCUT2D eigenvalue weighted by Crippen LogP contribution is 2.25. The standard InChI is InChI=1S/C23H23NO4S/c1-17-13-15-20(16-14-17)29(26,27)24-21(18-9-5-3-6-10-18)23(28-2)22(25)19-11-7-4-8-12-19/h3-16,21,23-24H,1-2H3. The molecule has 2 atom stereocenters. The first-order valence-electron chi connectivity index (χ1n) is 9.18. The molecular weight excluding hydrogens is 386 g/mol. The molecule has 0 spiro atoms. The molecule has 3 aromatic rings. The van der Waals surface area contributed by atoms with Crippen LogP contribution in [0.3, 0.4) is 0 Å². The van der Waals surface area contributed by atoms with Crippen LogP contribution in [-0.2, 0) is 14.8 Å². The van der Waals surface area contributed by atoms with E-state index in [0.29, 0.717) is 11.1 Å². The van der Waals surface area contributed by atoms with Crippen LogP contribution in [0, 0.1) is 6.92 Å². The highest BCUT2D eigenvalue weighted by Gasteiger charge is 2.34. The number of rotatable bonds is 8. The molecule has 0 aromatic heterocycles. The van der Waals surface area contributed by atoms with Crippen molar-refractivity contribution in [2.75, 3.05) is 7.11 Å². The number of methoxy groups -OCH3 is 1. The molecule has 6 heteroatoms. The van der Waals surface area contributed by atoms with Crippen molar-refractivity contribution in [2.24, 2.45) is 0 Å². The lowest BCUT2D eigenvalue weighted by atomic mass is 9.95. The minimum atomic E-state index is -3.88. The Balaban J connectivity index is 2.00. The molecule has 0 amide bonds. The summed E-state index contributed by atoms with van der Waals surface area (Å²) in [6.45, 7) is 1.89. The molecule has 0 heterocycles. The predicted molar refractivity (Wildman–Crippen MR) is 112 cm³/mol. The van der Waals surface area contributed by atoms with E-state index in [-0.39, 0.29) is 10.7 Å². The van der Waals surface area contributed by atoms with Crippen molar-refractivity contribution in [1.29, 1.82) is 0 Å². The molecule has 0 radical (unpaired) electrons. The van der Waals surface area contributed by atoms with Crippen LogP contribution in [0.1, 0.15) is 27.5 Å². The lowest BCUT2D eigenvalue weighted by Crippen LogP contribution is -2.41. The number of hydrogen-bond acceptors (Lipinski definition) is 4. The number of benzene rings is 3. The Kier molecular flexibility index (Phi) is 6.59. The second kappa shape index (κ2) is 9.13. The molecule has 0 bridgehead atoms. The average Bonchev–Trinajstić information content (AvgIpc) is 2.75. The number of carbonyl (C=O) groups excluding carboxylic acids is 1. The van der Waals surface area contributed by atoms with Crippen molar-refractivity contribution in [2.45, 2.75) is 24.0 Å². The van der Waals surface area contributed by atoms with Gasteiger partial charge in [0, 0.05) is 12.7 Å². The molecule has 3 rings (SSSR count). The van der Waals surface area contributed by atoms with Crippen molar-refractivity contribution in [3.63, 3.8) is 0 Å². The molecule has 1 N–H and O–H groups in total. The first-order valence-corrected chi connectivity index (χ1v) is 10.7. The quantitative estimate of drug-likeness (QED) is 0.573. The van der Waals surface area contributed by atoms with Crippen LogP contribution in [0.5, 0.6) is 0 Å². The van der Waals surface area contributed by atoms with Crippen LogP contribution in [0.4, 0.5) is 0 Å². The maximum absolute atomic E-state index is 13.1. The minimum absolute atomic E-state index is 0.131. The van der Waals surface area contributed by atoms with E-state index in [2.05, 4.69) is 4.72 Å². The minimum Gasteiger partial charge on any atom is -0.371 e. The number of hydrogen-bond donors (Lipinski definition) is 1. The van der Waals surface area contributed by atoms with Gasteiger partial charge in [0.05, 0.1) is 10.9 Å². The van der Waals surface area contributed by atoms with E-state index in [0.717, 1.165) is 5.56 Å². The summed E-state index contributed by atoms with van der Waals surface area (Å²) >= 11 is 0. The Labute approximate surface area is 171 Å². The van der Waals surface area contributed by atoms with Crippen LogP contribution in [0.25, 0.3) is 0 Å². The zero-order valence-electron chi connectivity index (χ0n) is 16.3. The summed E-state index contributed by atoms with van der Waals surface area (Å²) in [5.41, 5.74) is 2.05. The number of aryl methyl sites for hydroxylation is 1. The Morgan fingerprint density at radius 3 is 1.97 bits per heavy atom. The third-order valence-electron chi connectivity index (χ3n) is 4.65. The van der Waals surface area contributed by atoms with Gasteiger partial charge in [-0.25, -0.2) is 13.1 Å². The van der Waals surface area contributed by atoms with Gasteiger partial charge in [0.25, 0.3) is 0 Å². The molecule has 0 aliphatic heterocycles. The maximum Gasteiger partial charge on any atom is 0.241 e. The molecule has 2 unspecified atom stereocenters. The monoisotopic (exact) mass is 409 g/mol. The highest BCUT2D eigenvalue weighted by atomic mass is 32.2. The van der Waals surface area contributed by atoms with Crippen molar-refractivity contribution in [3.05, 3.63) is 102 Å². The Morgan fingerprint density at radius 2 is 1.41 bits per heavy atom. The van der Waals surface area contributed by atoms with Crippen molar-refractivity contribution >= 4 is 15.8 Å². The molecule has 0 saturated heterocycles. The van der Waals surface area contributed by atoms with Crippen LogP contribution >= 0.6 is 0 Å². The van der Waals surface area contributed by atoms with Crippen molar-refractivity contribution < 1.29 is 17.9 Å². The van der Waals surface area contributed by atoms with Crippen molar-refractivity contribution in [3.8, 4) is 0 Å². The summed E-state index contributed by atoms with van der Waals surface area (Å²) < 4.78 is 34.2.